The Labute approximate surface area is 108 Å². The van der Waals surface area contributed by atoms with Crippen LogP contribution in [0.3, 0.4) is 0 Å². The van der Waals surface area contributed by atoms with Crippen molar-refractivity contribution in [2.45, 2.75) is 51.2 Å². The minimum absolute atomic E-state index is 0.0215. The first-order chi connectivity index (χ1) is 8.18. The number of rotatable bonds is 3. The summed E-state index contributed by atoms with van der Waals surface area (Å²) in [5, 5.41) is 0.702. The van der Waals surface area contributed by atoms with Gasteiger partial charge in [-0.05, 0) is 31.9 Å². The Balaban J connectivity index is 2.05. The van der Waals surface area contributed by atoms with Crippen LogP contribution in [0.1, 0.15) is 50.7 Å². The standard InChI is InChI=1S/C14H20ClNO/c1-10(17-11-6-3-2-4-7-11)14-12(15)8-5-9-13(14)16/h5,8-11H,2-4,6-7,16H2,1H3. The molecule has 17 heavy (non-hydrogen) atoms. The quantitative estimate of drug-likeness (QED) is 0.814. The van der Waals surface area contributed by atoms with E-state index in [-0.39, 0.29) is 6.10 Å². The Kier molecular flexibility index (Phi) is 4.30. The van der Waals surface area contributed by atoms with Crippen molar-refractivity contribution in [3.05, 3.63) is 28.8 Å². The number of anilines is 1. The fourth-order valence-corrected chi connectivity index (χ4v) is 2.88. The van der Waals surface area contributed by atoms with Crippen molar-refractivity contribution < 1.29 is 4.74 Å². The second-order valence-electron chi connectivity index (χ2n) is 4.78. The minimum Gasteiger partial charge on any atom is -0.398 e. The van der Waals surface area contributed by atoms with Crippen molar-refractivity contribution in [1.29, 1.82) is 0 Å². The third-order valence-electron chi connectivity index (χ3n) is 3.44. The van der Waals surface area contributed by atoms with E-state index in [9.17, 15) is 0 Å². The molecular formula is C14H20ClNO. The smallest absolute Gasteiger partial charge is 0.0835 e. The number of nitrogen functional groups attached to an aromatic ring is 1. The van der Waals surface area contributed by atoms with Crippen LogP contribution in [0.4, 0.5) is 5.69 Å². The predicted octanol–water partition coefficient (Wildman–Crippen LogP) is 4.33. The molecule has 0 bridgehead atoms. The Morgan fingerprint density at radius 1 is 1.29 bits per heavy atom. The zero-order valence-corrected chi connectivity index (χ0v) is 11.0. The maximum Gasteiger partial charge on any atom is 0.0835 e. The molecule has 0 heterocycles. The monoisotopic (exact) mass is 253 g/mol. The topological polar surface area (TPSA) is 35.2 Å². The van der Waals surface area contributed by atoms with E-state index in [4.69, 9.17) is 22.1 Å². The lowest BCUT2D eigenvalue weighted by Gasteiger charge is -2.27. The van der Waals surface area contributed by atoms with Crippen LogP contribution in [0.5, 0.6) is 0 Å². The van der Waals surface area contributed by atoms with Gasteiger partial charge in [-0.3, -0.25) is 0 Å². The molecule has 1 atom stereocenters. The van der Waals surface area contributed by atoms with Gasteiger partial charge in [0.15, 0.2) is 0 Å². The van der Waals surface area contributed by atoms with Gasteiger partial charge in [-0.1, -0.05) is 36.9 Å². The molecule has 1 aliphatic rings. The van der Waals surface area contributed by atoms with E-state index in [0.717, 1.165) is 24.1 Å². The highest BCUT2D eigenvalue weighted by Crippen LogP contribution is 2.33. The lowest BCUT2D eigenvalue weighted by molar-refractivity contribution is -0.0218. The van der Waals surface area contributed by atoms with Crippen molar-refractivity contribution in [2.24, 2.45) is 0 Å². The summed E-state index contributed by atoms with van der Waals surface area (Å²) in [4.78, 5) is 0. The number of ether oxygens (including phenoxy) is 1. The van der Waals surface area contributed by atoms with E-state index in [1.54, 1.807) is 0 Å². The second kappa shape index (κ2) is 5.74. The lowest BCUT2D eigenvalue weighted by Crippen LogP contribution is -2.19. The highest BCUT2D eigenvalue weighted by atomic mass is 35.5. The van der Waals surface area contributed by atoms with E-state index in [1.165, 1.54) is 19.3 Å². The molecule has 2 N–H and O–H groups in total. The van der Waals surface area contributed by atoms with Gasteiger partial charge in [0.1, 0.15) is 0 Å². The summed E-state index contributed by atoms with van der Waals surface area (Å²) in [7, 11) is 0. The maximum atomic E-state index is 6.18. The first kappa shape index (κ1) is 12.7. The molecule has 1 fully saturated rings. The zero-order valence-electron chi connectivity index (χ0n) is 10.3. The fourth-order valence-electron chi connectivity index (χ4n) is 2.54. The van der Waals surface area contributed by atoms with Crippen molar-refractivity contribution in [3.8, 4) is 0 Å². The van der Waals surface area contributed by atoms with E-state index in [0.29, 0.717) is 11.1 Å². The van der Waals surface area contributed by atoms with Crippen LogP contribution in [-0.2, 0) is 4.74 Å². The van der Waals surface area contributed by atoms with Crippen molar-refractivity contribution >= 4 is 17.3 Å². The number of nitrogens with two attached hydrogens (primary N) is 1. The van der Waals surface area contributed by atoms with Crippen molar-refractivity contribution in [2.75, 3.05) is 5.73 Å². The van der Waals surface area contributed by atoms with Gasteiger partial charge < -0.3 is 10.5 Å². The lowest BCUT2D eigenvalue weighted by atomic mass is 9.97. The Bertz CT molecular complexity index is 354. The van der Waals surface area contributed by atoms with E-state index in [1.807, 2.05) is 25.1 Å². The van der Waals surface area contributed by atoms with Crippen LogP contribution in [0.15, 0.2) is 18.2 Å². The molecule has 1 saturated carbocycles. The molecule has 1 aromatic carbocycles. The largest absolute Gasteiger partial charge is 0.398 e. The van der Waals surface area contributed by atoms with E-state index in [2.05, 4.69) is 0 Å². The molecule has 1 aromatic rings. The van der Waals surface area contributed by atoms with Gasteiger partial charge in [0.25, 0.3) is 0 Å². The SMILES string of the molecule is CC(OC1CCCCC1)c1c(N)cccc1Cl. The van der Waals surface area contributed by atoms with Crippen LogP contribution in [0.2, 0.25) is 5.02 Å². The number of benzene rings is 1. The molecule has 1 aliphatic carbocycles. The molecule has 0 radical (unpaired) electrons. The first-order valence-corrected chi connectivity index (χ1v) is 6.75. The molecule has 0 aliphatic heterocycles. The normalized spacial score (nSPS) is 19.2. The third kappa shape index (κ3) is 3.14. The molecule has 1 unspecified atom stereocenters. The van der Waals surface area contributed by atoms with Crippen molar-refractivity contribution in [3.63, 3.8) is 0 Å². The highest BCUT2D eigenvalue weighted by Gasteiger charge is 2.20. The van der Waals surface area contributed by atoms with Gasteiger partial charge >= 0.3 is 0 Å². The molecule has 0 spiro atoms. The number of hydrogen-bond donors (Lipinski definition) is 1. The number of halogens is 1. The molecule has 0 saturated heterocycles. The van der Waals surface area contributed by atoms with E-state index < -0.39 is 0 Å². The van der Waals surface area contributed by atoms with Crippen LogP contribution in [0, 0.1) is 0 Å². The summed E-state index contributed by atoms with van der Waals surface area (Å²) in [6.07, 6.45) is 6.55. The summed E-state index contributed by atoms with van der Waals surface area (Å²) < 4.78 is 6.07. The highest BCUT2D eigenvalue weighted by molar-refractivity contribution is 6.31. The number of hydrogen-bond acceptors (Lipinski definition) is 2. The third-order valence-corrected chi connectivity index (χ3v) is 3.77. The Hall–Kier alpha value is -0.730. The summed E-state index contributed by atoms with van der Waals surface area (Å²) >= 11 is 6.18. The van der Waals surface area contributed by atoms with Crippen LogP contribution in [0.25, 0.3) is 0 Å². The minimum atomic E-state index is -0.0215. The van der Waals surface area contributed by atoms with Gasteiger partial charge in [0.05, 0.1) is 12.2 Å². The summed E-state index contributed by atoms with van der Waals surface area (Å²) in [6, 6.07) is 5.62. The van der Waals surface area contributed by atoms with E-state index >= 15 is 0 Å². The van der Waals surface area contributed by atoms with Gasteiger partial charge in [-0.2, -0.15) is 0 Å². The second-order valence-corrected chi connectivity index (χ2v) is 5.19. The molecule has 3 heteroatoms. The molecule has 2 rings (SSSR count). The maximum absolute atomic E-state index is 6.18. The molecule has 2 nitrogen and oxygen atoms in total. The Morgan fingerprint density at radius 2 is 2.00 bits per heavy atom. The molecular weight excluding hydrogens is 234 g/mol. The molecule has 0 aromatic heterocycles. The van der Waals surface area contributed by atoms with Crippen molar-refractivity contribution in [1.82, 2.24) is 0 Å². The van der Waals surface area contributed by atoms with Crippen LogP contribution in [-0.4, -0.2) is 6.10 Å². The van der Waals surface area contributed by atoms with Gasteiger partial charge in [-0.15, -0.1) is 0 Å². The van der Waals surface area contributed by atoms with Crippen LogP contribution >= 0.6 is 11.6 Å². The molecule has 0 amide bonds. The van der Waals surface area contributed by atoms with Gasteiger partial charge in [0.2, 0.25) is 0 Å². The average molecular weight is 254 g/mol. The van der Waals surface area contributed by atoms with Crippen LogP contribution < -0.4 is 5.73 Å². The Morgan fingerprint density at radius 3 is 2.65 bits per heavy atom. The summed E-state index contributed by atoms with van der Waals surface area (Å²) in [5.74, 6) is 0. The first-order valence-electron chi connectivity index (χ1n) is 6.38. The molecule has 94 valence electrons. The summed E-state index contributed by atoms with van der Waals surface area (Å²) in [6.45, 7) is 2.03. The van der Waals surface area contributed by atoms with Gasteiger partial charge in [-0.25, -0.2) is 0 Å². The summed E-state index contributed by atoms with van der Waals surface area (Å²) in [5.41, 5.74) is 7.62. The predicted molar refractivity (Wildman–Crippen MR) is 72.2 cm³/mol. The zero-order chi connectivity index (χ0) is 12.3. The van der Waals surface area contributed by atoms with Gasteiger partial charge in [0, 0.05) is 16.3 Å². The average Bonchev–Trinajstić information content (AvgIpc) is 2.30. The fraction of sp³-hybridized carbons (Fsp3) is 0.571.